The Morgan fingerprint density at radius 2 is 2.24 bits per heavy atom. The molecule has 0 saturated carbocycles. The van der Waals surface area contributed by atoms with Crippen molar-refractivity contribution in [3.8, 4) is 6.07 Å². The molecule has 86 valence electrons. The van der Waals surface area contributed by atoms with Gasteiger partial charge in [0.1, 0.15) is 6.07 Å². The molecule has 1 saturated heterocycles. The Balaban J connectivity index is 2.13. The van der Waals surface area contributed by atoms with E-state index in [4.69, 9.17) is 10.00 Å². The largest absolute Gasteiger partial charge is 0.356 e. The minimum Gasteiger partial charge on any atom is -0.356 e. The Morgan fingerprint density at radius 3 is 3.00 bits per heavy atom. The Hall–Kier alpha value is -1.86. The van der Waals surface area contributed by atoms with Crippen LogP contribution in [0.25, 0.3) is 10.9 Å². The zero-order chi connectivity index (χ0) is 11.7. The molecule has 1 aliphatic heterocycles. The van der Waals surface area contributed by atoms with E-state index in [1.54, 1.807) is 0 Å². The molecule has 17 heavy (non-hydrogen) atoms. The number of ether oxygens (including phenoxy) is 1. The SMILES string of the molecule is N#Cc1nn(C2CCCCO2)c2ccccc12. The average Bonchev–Trinajstić information content (AvgIpc) is 2.78. The highest BCUT2D eigenvalue weighted by molar-refractivity contribution is 5.84. The molecule has 1 aromatic carbocycles. The summed E-state index contributed by atoms with van der Waals surface area (Å²) < 4.78 is 7.58. The summed E-state index contributed by atoms with van der Waals surface area (Å²) in [4.78, 5) is 0. The van der Waals surface area contributed by atoms with E-state index in [-0.39, 0.29) is 6.23 Å². The van der Waals surface area contributed by atoms with E-state index >= 15 is 0 Å². The van der Waals surface area contributed by atoms with Crippen molar-refractivity contribution < 1.29 is 4.74 Å². The van der Waals surface area contributed by atoms with Gasteiger partial charge in [0.2, 0.25) is 0 Å². The number of rotatable bonds is 1. The van der Waals surface area contributed by atoms with Crippen molar-refractivity contribution in [2.45, 2.75) is 25.5 Å². The van der Waals surface area contributed by atoms with Crippen LogP contribution in [0.5, 0.6) is 0 Å². The molecule has 2 aromatic rings. The van der Waals surface area contributed by atoms with Crippen molar-refractivity contribution in [3.63, 3.8) is 0 Å². The summed E-state index contributed by atoms with van der Waals surface area (Å²) in [5, 5.41) is 14.3. The standard InChI is InChI=1S/C13H13N3O/c14-9-11-10-5-1-2-6-12(10)16(15-11)13-7-3-4-8-17-13/h1-2,5-6,13H,3-4,7-8H2. The van der Waals surface area contributed by atoms with Gasteiger partial charge in [-0.05, 0) is 31.4 Å². The highest BCUT2D eigenvalue weighted by atomic mass is 16.5. The minimum absolute atomic E-state index is 0.0178. The molecule has 4 heteroatoms. The van der Waals surface area contributed by atoms with Crippen LogP contribution in [0.3, 0.4) is 0 Å². The molecule has 1 aromatic heterocycles. The first-order chi connectivity index (χ1) is 8.40. The Kier molecular flexibility index (Phi) is 2.54. The summed E-state index contributed by atoms with van der Waals surface area (Å²) in [6, 6.07) is 9.95. The third-order valence-corrected chi connectivity index (χ3v) is 3.15. The molecule has 1 fully saturated rings. The maximum atomic E-state index is 9.08. The molecule has 0 amide bonds. The lowest BCUT2D eigenvalue weighted by molar-refractivity contribution is -0.0367. The zero-order valence-corrected chi connectivity index (χ0v) is 9.47. The molecule has 2 heterocycles. The molecule has 1 aliphatic rings. The summed E-state index contributed by atoms with van der Waals surface area (Å²) in [6.45, 7) is 0.779. The number of aromatic nitrogens is 2. The molecule has 1 unspecified atom stereocenters. The first kappa shape index (κ1) is 10.3. The lowest BCUT2D eigenvalue weighted by Gasteiger charge is -2.23. The van der Waals surface area contributed by atoms with Gasteiger partial charge in [-0.15, -0.1) is 0 Å². The van der Waals surface area contributed by atoms with Crippen molar-refractivity contribution in [3.05, 3.63) is 30.0 Å². The summed E-state index contributed by atoms with van der Waals surface area (Å²) in [5.74, 6) is 0. The second-order valence-corrected chi connectivity index (χ2v) is 4.24. The molecule has 0 radical (unpaired) electrons. The fraction of sp³-hybridized carbons (Fsp3) is 0.385. The van der Waals surface area contributed by atoms with E-state index in [0.717, 1.165) is 36.8 Å². The van der Waals surface area contributed by atoms with Gasteiger partial charge in [-0.3, -0.25) is 0 Å². The van der Waals surface area contributed by atoms with E-state index in [9.17, 15) is 0 Å². The number of hydrogen-bond donors (Lipinski definition) is 0. The summed E-state index contributed by atoms with van der Waals surface area (Å²) in [6.07, 6.45) is 3.22. The summed E-state index contributed by atoms with van der Waals surface area (Å²) in [7, 11) is 0. The minimum atomic E-state index is -0.0178. The average molecular weight is 227 g/mol. The van der Waals surface area contributed by atoms with Crippen molar-refractivity contribution in [2.24, 2.45) is 0 Å². The Bertz CT molecular complexity index is 576. The molecular weight excluding hydrogens is 214 g/mol. The van der Waals surface area contributed by atoms with Gasteiger partial charge in [-0.25, -0.2) is 4.68 Å². The number of para-hydroxylation sites is 1. The first-order valence-electron chi connectivity index (χ1n) is 5.89. The van der Waals surface area contributed by atoms with Crippen LogP contribution in [-0.4, -0.2) is 16.4 Å². The second kappa shape index (κ2) is 4.19. The normalized spacial score (nSPS) is 20.3. The van der Waals surface area contributed by atoms with Gasteiger partial charge in [0.15, 0.2) is 11.9 Å². The quantitative estimate of drug-likeness (QED) is 0.752. The topological polar surface area (TPSA) is 50.8 Å². The van der Waals surface area contributed by atoms with Crippen molar-refractivity contribution in [1.29, 1.82) is 5.26 Å². The number of fused-ring (bicyclic) bond motifs is 1. The van der Waals surface area contributed by atoms with Crippen LogP contribution in [0.1, 0.15) is 31.2 Å². The maximum Gasteiger partial charge on any atom is 0.170 e. The molecule has 1 atom stereocenters. The monoisotopic (exact) mass is 227 g/mol. The highest BCUT2D eigenvalue weighted by Crippen LogP contribution is 2.27. The van der Waals surface area contributed by atoms with Gasteiger partial charge in [0.25, 0.3) is 0 Å². The molecule has 0 aliphatic carbocycles. The predicted octanol–water partition coefficient (Wildman–Crippen LogP) is 2.61. The fourth-order valence-corrected chi connectivity index (χ4v) is 2.31. The first-order valence-corrected chi connectivity index (χ1v) is 5.89. The second-order valence-electron chi connectivity index (χ2n) is 4.24. The highest BCUT2D eigenvalue weighted by Gasteiger charge is 2.20. The number of benzene rings is 1. The van der Waals surface area contributed by atoms with E-state index in [2.05, 4.69) is 11.2 Å². The van der Waals surface area contributed by atoms with Crippen LogP contribution in [0, 0.1) is 11.3 Å². The van der Waals surface area contributed by atoms with Crippen LogP contribution < -0.4 is 0 Å². The number of nitrogens with zero attached hydrogens (tertiary/aromatic N) is 3. The Labute approximate surface area is 99.4 Å². The lowest BCUT2D eigenvalue weighted by Crippen LogP contribution is -2.19. The third-order valence-electron chi connectivity index (χ3n) is 3.15. The molecule has 4 nitrogen and oxygen atoms in total. The van der Waals surface area contributed by atoms with Crippen molar-refractivity contribution >= 4 is 10.9 Å². The molecule has 0 N–H and O–H groups in total. The number of hydrogen-bond acceptors (Lipinski definition) is 3. The van der Waals surface area contributed by atoms with Crippen LogP contribution in [0.2, 0.25) is 0 Å². The molecular formula is C13H13N3O. The molecule has 0 bridgehead atoms. The van der Waals surface area contributed by atoms with Gasteiger partial charge in [-0.1, -0.05) is 12.1 Å². The number of nitriles is 1. The van der Waals surface area contributed by atoms with Crippen LogP contribution >= 0.6 is 0 Å². The van der Waals surface area contributed by atoms with Crippen LogP contribution in [-0.2, 0) is 4.74 Å². The Morgan fingerprint density at radius 1 is 1.35 bits per heavy atom. The van der Waals surface area contributed by atoms with Crippen LogP contribution in [0.15, 0.2) is 24.3 Å². The smallest absolute Gasteiger partial charge is 0.170 e. The van der Waals surface area contributed by atoms with E-state index in [1.807, 2.05) is 28.9 Å². The van der Waals surface area contributed by atoms with Crippen LogP contribution in [0.4, 0.5) is 0 Å². The fourth-order valence-electron chi connectivity index (χ4n) is 2.31. The zero-order valence-electron chi connectivity index (χ0n) is 9.47. The van der Waals surface area contributed by atoms with Gasteiger partial charge in [0, 0.05) is 12.0 Å². The van der Waals surface area contributed by atoms with Gasteiger partial charge in [0.05, 0.1) is 5.52 Å². The van der Waals surface area contributed by atoms with Gasteiger partial charge in [-0.2, -0.15) is 10.4 Å². The van der Waals surface area contributed by atoms with Gasteiger partial charge < -0.3 is 4.74 Å². The van der Waals surface area contributed by atoms with E-state index in [0.29, 0.717) is 5.69 Å². The lowest BCUT2D eigenvalue weighted by atomic mass is 10.2. The predicted molar refractivity (Wildman–Crippen MR) is 63.3 cm³/mol. The molecule has 0 spiro atoms. The van der Waals surface area contributed by atoms with E-state index in [1.165, 1.54) is 0 Å². The summed E-state index contributed by atoms with van der Waals surface area (Å²) in [5.41, 5.74) is 1.46. The van der Waals surface area contributed by atoms with Crippen molar-refractivity contribution in [1.82, 2.24) is 9.78 Å². The molecule has 3 rings (SSSR count). The van der Waals surface area contributed by atoms with Crippen molar-refractivity contribution in [2.75, 3.05) is 6.61 Å². The third kappa shape index (κ3) is 1.69. The maximum absolute atomic E-state index is 9.08. The van der Waals surface area contributed by atoms with E-state index < -0.39 is 0 Å². The van der Waals surface area contributed by atoms with Gasteiger partial charge >= 0.3 is 0 Å². The summed E-state index contributed by atoms with van der Waals surface area (Å²) >= 11 is 0.